The summed E-state index contributed by atoms with van der Waals surface area (Å²) in [6.45, 7) is 7.67. The molecule has 0 aromatic rings. The van der Waals surface area contributed by atoms with E-state index in [1.807, 2.05) is 0 Å². The van der Waals surface area contributed by atoms with E-state index < -0.39 is 23.7 Å². The van der Waals surface area contributed by atoms with Crippen LogP contribution in [-0.2, 0) is 14.3 Å². The number of carboxylic acids is 1. The van der Waals surface area contributed by atoms with Crippen molar-refractivity contribution in [3.05, 3.63) is 0 Å². The van der Waals surface area contributed by atoms with Gasteiger partial charge in [0, 0.05) is 20.0 Å². The molecule has 1 rings (SSSR count). The maximum Gasteiger partial charge on any atom is 0.408 e. The minimum atomic E-state index is -1.08. The van der Waals surface area contributed by atoms with Crippen molar-refractivity contribution in [2.75, 3.05) is 13.1 Å². The fourth-order valence-electron chi connectivity index (χ4n) is 2.36. The van der Waals surface area contributed by atoms with Crippen LogP contribution in [0.15, 0.2) is 0 Å². The molecule has 7 nitrogen and oxygen atoms in total. The molecule has 7 heteroatoms. The second kappa shape index (κ2) is 6.78. The van der Waals surface area contributed by atoms with Crippen LogP contribution in [0, 0.1) is 5.92 Å². The Morgan fingerprint density at radius 1 is 1.24 bits per heavy atom. The summed E-state index contributed by atoms with van der Waals surface area (Å²) in [4.78, 5) is 36.0. The number of piperidine rings is 1. The minimum absolute atomic E-state index is 0.0135. The van der Waals surface area contributed by atoms with Crippen molar-refractivity contribution in [1.82, 2.24) is 10.2 Å². The minimum Gasteiger partial charge on any atom is -0.480 e. The van der Waals surface area contributed by atoms with Gasteiger partial charge in [-0.05, 0) is 39.5 Å². The van der Waals surface area contributed by atoms with Crippen LogP contribution in [-0.4, -0.2) is 52.7 Å². The number of nitrogens with one attached hydrogen (secondary N) is 1. The van der Waals surface area contributed by atoms with Crippen molar-refractivity contribution in [3.8, 4) is 0 Å². The summed E-state index contributed by atoms with van der Waals surface area (Å²) < 4.78 is 5.09. The molecule has 1 aliphatic rings. The van der Waals surface area contributed by atoms with Crippen LogP contribution in [0.4, 0.5) is 4.79 Å². The number of likely N-dealkylation sites (tertiary alicyclic amines) is 1. The Kier molecular flexibility index (Phi) is 5.57. The third-order valence-corrected chi connectivity index (χ3v) is 3.39. The Morgan fingerprint density at radius 3 is 2.14 bits per heavy atom. The van der Waals surface area contributed by atoms with Gasteiger partial charge < -0.3 is 20.1 Å². The van der Waals surface area contributed by atoms with Gasteiger partial charge in [-0.1, -0.05) is 0 Å². The molecule has 2 amide bonds. The number of carbonyl (C=O) groups excluding carboxylic acids is 2. The first kappa shape index (κ1) is 17.3. The van der Waals surface area contributed by atoms with Crippen molar-refractivity contribution < 1.29 is 24.2 Å². The standard InChI is InChI=1S/C14H24N2O5/c1-9(17)16-7-5-10(6-8-16)11(12(18)19)15-13(20)21-14(2,3)4/h10-11H,5-8H2,1-4H3,(H,15,20)(H,18,19)/t11-/m0/s1. The molecule has 0 radical (unpaired) electrons. The van der Waals surface area contributed by atoms with Gasteiger partial charge >= 0.3 is 12.1 Å². The molecule has 0 spiro atoms. The third-order valence-electron chi connectivity index (χ3n) is 3.39. The zero-order valence-corrected chi connectivity index (χ0v) is 13.0. The van der Waals surface area contributed by atoms with Crippen LogP contribution in [0.25, 0.3) is 0 Å². The molecule has 0 unspecified atom stereocenters. The molecule has 1 saturated heterocycles. The lowest BCUT2D eigenvalue weighted by Crippen LogP contribution is -2.51. The van der Waals surface area contributed by atoms with Gasteiger partial charge in [0.2, 0.25) is 5.91 Å². The molecule has 0 aliphatic carbocycles. The van der Waals surface area contributed by atoms with Gasteiger partial charge in [-0.3, -0.25) is 4.79 Å². The highest BCUT2D eigenvalue weighted by Crippen LogP contribution is 2.21. The van der Waals surface area contributed by atoms with E-state index in [1.165, 1.54) is 6.92 Å². The van der Waals surface area contributed by atoms with E-state index in [9.17, 15) is 19.5 Å². The van der Waals surface area contributed by atoms with Crippen molar-refractivity contribution in [1.29, 1.82) is 0 Å². The van der Waals surface area contributed by atoms with Gasteiger partial charge in [0.1, 0.15) is 11.6 Å². The van der Waals surface area contributed by atoms with Crippen LogP contribution >= 0.6 is 0 Å². The summed E-state index contributed by atoms with van der Waals surface area (Å²) in [6, 6.07) is -0.992. The Labute approximate surface area is 124 Å². The summed E-state index contributed by atoms with van der Waals surface area (Å²) in [5.41, 5.74) is -0.675. The van der Waals surface area contributed by atoms with Gasteiger partial charge in [0.25, 0.3) is 0 Å². The molecule has 1 atom stereocenters. The molecule has 2 N–H and O–H groups in total. The summed E-state index contributed by atoms with van der Waals surface area (Å²) in [5, 5.41) is 11.7. The number of alkyl carbamates (subject to hydrolysis) is 1. The molecule has 0 aromatic heterocycles. The average molecular weight is 300 g/mol. The first-order valence-corrected chi connectivity index (χ1v) is 7.08. The zero-order chi connectivity index (χ0) is 16.2. The molecular weight excluding hydrogens is 276 g/mol. The lowest BCUT2D eigenvalue weighted by molar-refractivity contribution is -0.141. The van der Waals surface area contributed by atoms with Crippen LogP contribution < -0.4 is 5.32 Å². The van der Waals surface area contributed by atoms with Gasteiger partial charge in [0.05, 0.1) is 0 Å². The maximum atomic E-state index is 11.7. The summed E-state index contributed by atoms with van der Waals surface area (Å²) >= 11 is 0. The smallest absolute Gasteiger partial charge is 0.408 e. The first-order chi connectivity index (χ1) is 9.60. The van der Waals surface area contributed by atoms with Crippen molar-refractivity contribution in [2.24, 2.45) is 5.92 Å². The van der Waals surface area contributed by atoms with E-state index in [2.05, 4.69) is 5.32 Å². The first-order valence-electron chi connectivity index (χ1n) is 7.08. The number of amides is 2. The van der Waals surface area contributed by atoms with Gasteiger partial charge in [-0.2, -0.15) is 0 Å². The van der Waals surface area contributed by atoms with E-state index in [4.69, 9.17) is 4.74 Å². The molecule has 120 valence electrons. The summed E-state index contributed by atoms with van der Waals surface area (Å²) in [5.74, 6) is -1.30. The predicted molar refractivity (Wildman–Crippen MR) is 75.8 cm³/mol. The van der Waals surface area contributed by atoms with Crippen LogP contribution in [0.5, 0.6) is 0 Å². The maximum absolute atomic E-state index is 11.7. The summed E-state index contributed by atoms with van der Waals surface area (Å²) in [6.07, 6.45) is 0.363. The number of carboxylic acid groups (broad SMARTS) is 1. The van der Waals surface area contributed by atoms with E-state index in [0.29, 0.717) is 25.9 Å². The SMILES string of the molecule is CC(=O)N1CCC([C@H](NC(=O)OC(C)(C)C)C(=O)O)CC1. The monoisotopic (exact) mass is 300 g/mol. The summed E-state index contributed by atoms with van der Waals surface area (Å²) in [7, 11) is 0. The number of ether oxygens (including phenoxy) is 1. The lowest BCUT2D eigenvalue weighted by Gasteiger charge is -2.34. The molecule has 1 fully saturated rings. The highest BCUT2D eigenvalue weighted by atomic mass is 16.6. The van der Waals surface area contributed by atoms with E-state index in [0.717, 1.165) is 0 Å². The largest absolute Gasteiger partial charge is 0.480 e. The van der Waals surface area contributed by atoms with Gasteiger partial charge in [-0.25, -0.2) is 9.59 Å². The van der Waals surface area contributed by atoms with Crippen molar-refractivity contribution in [2.45, 2.75) is 52.2 Å². The fraction of sp³-hybridized carbons (Fsp3) is 0.786. The number of aliphatic carboxylic acids is 1. The normalized spacial score (nSPS) is 18.0. The van der Waals surface area contributed by atoms with Gasteiger partial charge in [0.15, 0.2) is 0 Å². The van der Waals surface area contributed by atoms with Crippen LogP contribution in [0.2, 0.25) is 0 Å². The quantitative estimate of drug-likeness (QED) is 0.817. The number of rotatable bonds is 3. The molecule has 1 heterocycles. The molecule has 21 heavy (non-hydrogen) atoms. The molecule has 0 aromatic carbocycles. The third kappa shape index (κ3) is 5.61. The average Bonchev–Trinajstić information content (AvgIpc) is 2.33. The molecular formula is C14H24N2O5. The Bertz CT molecular complexity index is 408. The van der Waals surface area contributed by atoms with E-state index >= 15 is 0 Å². The molecule has 1 aliphatic heterocycles. The number of hydrogen-bond donors (Lipinski definition) is 2. The number of nitrogens with zero attached hydrogens (tertiary/aromatic N) is 1. The Balaban J connectivity index is 2.61. The predicted octanol–water partition coefficient (Wildman–Crippen LogP) is 1.22. The fourth-order valence-corrected chi connectivity index (χ4v) is 2.36. The van der Waals surface area contributed by atoms with E-state index in [1.54, 1.807) is 25.7 Å². The number of carbonyl (C=O) groups is 3. The van der Waals surface area contributed by atoms with Gasteiger partial charge in [-0.15, -0.1) is 0 Å². The highest BCUT2D eigenvalue weighted by molar-refractivity contribution is 5.80. The van der Waals surface area contributed by atoms with E-state index in [-0.39, 0.29) is 11.8 Å². The Hall–Kier alpha value is -1.79. The van der Waals surface area contributed by atoms with Crippen LogP contribution in [0.3, 0.4) is 0 Å². The lowest BCUT2D eigenvalue weighted by atomic mass is 9.89. The van der Waals surface area contributed by atoms with Crippen molar-refractivity contribution >= 4 is 18.0 Å². The van der Waals surface area contributed by atoms with Crippen LogP contribution in [0.1, 0.15) is 40.5 Å². The highest BCUT2D eigenvalue weighted by Gasteiger charge is 2.34. The second-order valence-corrected chi connectivity index (χ2v) is 6.31. The zero-order valence-electron chi connectivity index (χ0n) is 13.0. The number of hydrogen-bond acceptors (Lipinski definition) is 4. The second-order valence-electron chi connectivity index (χ2n) is 6.31. The topological polar surface area (TPSA) is 95.9 Å². The Morgan fingerprint density at radius 2 is 1.76 bits per heavy atom. The molecule has 0 bridgehead atoms. The molecule has 0 saturated carbocycles. The van der Waals surface area contributed by atoms with Crippen molar-refractivity contribution in [3.63, 3.8) is 0 Å².